The van der Waals surface area contributed by atoms with E-state index in [1.54, 1.807) is 23.2 Å². The molecule has 0 radical (unpaired) electrons. The number of anilines is 4. The Morgan fingerprint density at radius 2 is 1.88 bits per heavy atom. The van der Waals surface area contributed by atoms with Crippen LogP contribution in [0.1, 0.15) is 12.8 Å². The number of hydrogen-bond acceptors (Lipinski definition) is 8. The van der Waals surface area contributed by atoms with Gasteiger partial charge in [-0.2, -0.15) is 10.5 Å². The highest BCUT2D eigenvalue weighted by Crippen LogP contribution is 2.30. The number of hydrogen-bond donors (Lipinski definition) is 2. The van der Waals surface area contributed by atoms with Gasteiger partial charge < -0.3 is 16.0 Å². The smallest absolute Gasteiger partial charge is 0.159 e. The molecule has 0 amide bonds. The van der Waals surface area contributed by atoms with E-state index >= 15 is 0 Å². The van der Waals surface area contributed by atoms with Crippen LogP contribution in [-0.2, 0) is 0 Å². The highest BCUT2D eigenvalue weighted by molar-refractivity contribution is 6.32. The van der Waals surface area contributed by atoms with Crippen molar-refractivity contribution in [1.29, 1.82) is 10.5 Å². The maximum absolute atomic E-state index is 8.80. The first-order chi connectivity index (χ1) is 11.7. The molecule has 0 unspecified atom stereocenters. The molecule has 0 saturated carbocycles. The van der Waals surface area contributed by atoms with E-state index < -0.39 is 0 Å². The number of nitrogens with one attached hydrogen (secondary N) is 1. The van der Waals surface area contributed by atoms with Crippen molar-refractivity contribution in [2.45, 2.75) is 12.8 Å². The van der Waals surface area contributed by atoms with Crippen molar-refractivity contribution in [1.82, 2.24) is 15.0 Å². The first-order valence-corrected chi connectivity index (χ1v) is 7.52. The van der Waals surface area contributed by atoms with Crippen LogP contribution in [0.15, 0.2) is 24.7 Å². The van der Waals surface area contributed by atoms with Crippen molar-refractivity contribution in [3.8, 4) is 12.1 Å². The molecule has 0 aliphatic heterocycles. The van der Waals surface area contributed by atoms with Crippen molar-refractivity contribution in [3.05, 3.63) is 29.8 Å². The SMILES string of the molecule is N#CCCN(CCC#N)c1ncnc(Nc2cccnc2Cl)c1N. The number of nitrogens with zero attached hydrogens (tertiary/aromatic N) is 6. The molecule has 8 nitrogen and oxygen atoms in total. The third kappa shape index (κ3) is 4.22. The molecule has 0 spiro atoms. The van der Waals surface area contributed by atoms with Crippen LogP contribution >= 0.6 is 11.6 Å². The lowest BCUT2D eigenvalue weighted by atomic mass is 10.3. The molecule has 0 aliphatic rings. The largest absolute Gasteiger partial charge is 0.393 e. The van der Waals surface area contributed by atoms with E-state index in [1.165, 1.54) is 6.33 Å². The fraction of sp³-hybridized carbons (Fsp3) is 0.267. The summed E-state index contributed by atoms with van der Waals surface area (Å²) in [7, 11) is 0. The van der Waals surface area contributed by atoms with E-state index in [-0.39, 0.29) is 0 Å². The number of nitriles is 2. The van der Waals surface area contributed by atoms with Crippen LogP contribution in [0.25, 0.3) is 0 Å². The predicted octanol–water partition coefficient (Wildman–Crippen LogP) is 2.48. The van der Waals surface area contributed by atoms with Gasteiger partial charge in [-0.3, -0.25) is 0 Å². The van der Waals surface area contributed by atoms with E-state index in [4.69, 9.17) is 27.9 Å². The average Bonchev–Trinajstić information content (AvgIpc) is 2.59. The number of nitrogens with two attached hydrogens (primary N) is 1. The molecule has 0 aromatic carbocycles. The quantitative estimate of drug-likeness (QED) is 0.734. The van der Waals surface area contributed by atoms with Gasteiger partial charge in [-0.15, -0.1) is 0 Å². The summed E-state index contributed by atoms with van der Waals surface area (Å²) < 4.78 is 0. The Hall–Kier alpha value is -3.10. The van der Waals surface area contributed by atoms with Crippen LogP contribution in [0.2, 0.25) is 5.15 Å². The zero-order valence-electron chi connectivity index (χ0n) is 12.8. The van der Waals surface area contributed by atoms with Crippen molar-refractivity contribution in [2.24, 2.45) is 0 Å². The monoisotopic (exact) mass is 342 g/mol. The normalized spacial score (nSPS) is 9.79. The average molecular weight is 343 g/mol. The van der Waals surface area contributed by atoms with Crippen LogP contribution in [-0.4, -0.2) is 28.0 Å². The van der Waals surface area contributed by atoms with Gasteiger partial charge in [-0.25, -0.2) is 15.0 Å². The molecular formula is C15H15ClN8. The lowest BCUT2D eigenvalue weighted by Gasteiger charge is -2.23. The van der Waals surface area contributed by atoms with Gasteiger partial charge in [-0.05, 0) is 12.1 Å². The van der Waals surface area contributed by atoms with Crippen LogP contribution in [0.3, 0.4) is 0 Å². The lowest BCUT2D eigenvalue weighted by molar-refractivity contribution is 0.782. The van der Waals surface area contributed by atoms with Gasteiger partial charge in [0.1, 0.15) is 12.0 Å². The number of nitrogen functional groups attached to an aromatic ring is 1. The molecule has 24 heavy (non-hydrogen) atoms. The summed E-state index contributed by atoms with van der Waals surface area (Å²) in [5, 5.41) is 20.9. The highest BCUT2D eigenvalue weighted by atomic mass is 35.5. The van der Waals surface area contributed by atoms with Crippen LogP contribution in [0.4, 0.5) is 23.0 Å². The Balaban J connectivity index is 2.30. The minimum Gasteiger partial charge on any atom is -0.393 e. The molecule has 122 valence electrons. The Labute approximate surface area is 144 Å². The van der Waals surface area contributed by atoms with Crippen molar-refractivity contribution in [2.75, 3.05) is 29.0 Å². The summed E-state index contributed by atoms with van der Waals surface area (Å²) in [5.41, 5.74) is 7.05. The van der Waals surface area contributed by atoms with E-state index in [0.717, 1.165) is 0 Å². The van der Waals surface area contributed by atoms with Gasteiger partial charge in [-0.1, -0.05) is 11.6 Å². The third-order valence-electron chi connectivity index (χ3n) is 3.16. The molecule has 0 fully saturated rings. The molecule has 0 bridgehead atoms. The number of aromatic nitrogens is 3. The molecule has 9 heteroatoms. The molecule has 2 aromatic heterocycles. The van der Waals surface area contributed by atoms with Gasteiger partial charge >= 0.3 is 0 Å². The molecule has 2 heterocycles. The summed E-state index contributed by atoms with van der Waals surface area (Å²) >= 11 is 6.03. The minimum atomic E-state index is 0.294. The third-order valence-corrected chi connectivity index (χ3v) is 3.46. The fourth-order valence-corrected chi connectivity index (χ4v) is 2.20. The molecule has 2 aromatic rings. The van der Waals surface area contributed by atoms with Gasteiger partial charge in [0.05, 0.1) is 30.7 Å². The molecular weight excluding hydrogens is 328 g/mol. The first kappa shape index (κ1) is 17.3. The van der Waals surface area contributed by atoms with E-state index in [2.05, 4.69) is 32.4 Å². The lowest BCUT2D eigenvalue weighted by Crippen LogP contribution is -2.27. The summed E-state index contributed by atoms with van der Waals surface area (Å²) in [4.78, 5) is 14.1. The Bertz CT molecular complexity index is 762. The van der Waals surface area contributed by atoms with Crippen LogP contribution in [0, 0.1) is 22.7 Å². The summed E-state index contributed by atoms with van der Waals surface area (Å²) in [6.45, 7) is 0.846. The summed E-state index contributed by atoms with van der Waals surface area (Å²) in [6.07, 6.45) is 3.54. The van der Waals surface area contributed by atoms with Gasteiger partial charge in [0.25, 0.3) is 0 Å². The first-order valence-electron chi connectivity index (χ1n) is 7.14. The highest BCUT2D eigenvalue weighted by Gasteiger charge is 2.15. The number of rotatable bonds is 7. The van der Waals surface area contributed by atoms with Crippen molar-refractivity contribution >= 4 is 34.6 Å². The zero-order valence-corrected chi connectivity index (χ0v) is 13.5. The minimum absolute atomic E-state index is 0.294. The maximum atomic E-state index is 8.80. The van der Waals surface area contributed by atoms with Gasteiger partial charge in [0.2, 0.25) is 0 Å². The zero-order chi connectivity index (χ0) is 17.4. The fourth-order valence-electron chi connectivity index (χ4n) is 2.04. The van der Waals surface area contributed by atoms with E-state index in [9.17, 15) is 0 Å². The molecule has 3 N–H and O–H groups in total. The van der Waals surface area contributed by atoms with Crippen molar-refractivity contribution < 1.29 is 0 Å². The van der Waals surface area contributed by atoms with E-state index in [0.29, 0.717) is 54.1 Å². The summed E-state index contributed by atoms with van der Waals surface area (Å²) in [6, 6.07) is 7.64. The van der Waals surface area contributed by atoms with Crippen molar-refractivity contribution in [3.63, 3.8) is 0 Å². The Morgan fingerprint density at radius 3 is 2.50 bits per heavy atom. The maximum Gasteiger partial charge on any atom is 0.159 e. The Kier molecular flexibility index (Phi) is 6.12. The van der Waals surface area contributed by atoms with Crippen LogP contribution < -0.4 is 16.0 Å². The molecule has 2 rings (SSSR count). The second-order valence-electron chi connectivity index (χ2n) is 4.73. The number of halogens is 1. The summed E-state index contributed by atoms with van der Waals surface area (Å²) in [5.74, 6) is 0.854. The van der Waals surface area contributed by atoms with Gasteiger partial charge in [0.15, 0.2) is 16.8 Å². The topological polar surface area (TPSA) is 128 Å². The predicted molar refractivity (Wildman–Crippen MR) is 91.6 cm³/mol. The Morgan fingerprint density at radius 1 is 1.17 bits per heavy atom. The number of pyridine rings is 1. The van der Waals surface area contributed by atoms with Crippen LogP contribution in [0.5, 0.6) is 0 Å². The molecule has 0 atom stereocenters. The van der Waals surface area contributed by atoms with Gasteiger partial charge in [0, 0.05) is 19.3 Å². The second kappa shape index (κ2) is 8.51. The second-order valence-corrected chi connectivity index (χ2v) is 5.09. The van der Waals surface area contributed by atoms with E-state index in [1.807, 2.05) is 0 Å². The molecule has 0 aliphatic carbocycles. The molecule has 0 saturated heterocycles. The standard InChI is InChI=1S/C15H15ClN8/c16-13-11(4-1-7-20-13)23-14-12(19)15(22-10-21-14)24(8-2-5-17)9-3-6-18/h1,4,7,10H,2-3,8-9,19H2,(H,21,22,23).